The lowest BCUT2D eigenvalue weighted by Gasteiger charge is -2.05. The van der Waals surface area contributed by atoms with Crippen LogP contribution in [0.2, 0.25) is 10.0 Å². The minimum Gasteiger partial charge on any atom is -0.464 e. The average molecular weight is 274 g/mol. The highest BCUT2D eigenvalue weighted by Gasteiger charge is 2.14. The minimum atomic E-state index is -0.701. The molecule has 0 aliphatic heterocycles. The second-order valence-electron chi connectivity index (χ2n) is 3.24. The Hall–Kier alpha value is -1.39. The Balaban J connectivity index is 2.71. The molecule has 0 saturated heterocycles. The first-order valence-corrected chi connectivity index (χ1v) is 5.32. The van der Waals surface area contributed by atoms with Gasteiger partial charge in [0.1, 0.15) is 5.69 Å². The SMILES string of the molecule is COC(=O)c1ccc2c(Cl)c(F)c(Cl)cc2n1. The van der Waals surface area contributed by atoms with Gasteiger partial charge >= 0.3 is 5.97 Å². The van der Waals surface area contributed by atoms with Gasteiger partial charge in [0, 0.05) is 5.39 Å². The van der Waals surface area contributed by atoms with Crippen LogP contribution in [0.5, 0.6) is 0 Å². The number of esters is 1. The van der Waals surface area contributed by atoms with Crippen LogP contribution >= 0.6 is 23.2 Å². The maximum absolute atomic E-state index is 13.4. The van der Waals surface area contributed by atoms with Gasteiger partial charge in [-0.3, -0.25) is 0 Å². The van der Waals surface area contributed by atoms with Gasteiger partial charge in [-0.05, 0) is 18.2 Å². The highest BCUT2D eigenvalue weighted by molar-refractivity contribution is 6.38. The van der Waals surface area contributed by atoms with Crippen molar-refractivity contribution in [3.8, 4) is 0 Å². The molecule has 0 aliphatic rings. The Kier molecular flexibility index (Phi) is 3.17. The summed E-state index contributed by atoms with van der Waals surface area (Å²) in [6.07, 6.45) is 0. The first kappa shape index (κ1) is 12.1. The predicted octanol–water partition coefficient (Wildman–Crippen LogP) is 3.47. The minimum absolute atomic E-state index is 0.110. The van der Waals surface area contributed by atoms with Crippen molar-refractivity contribution in [2.24, 2.45) is 0 Å². The molecule has 0 N–H and O–H groups in total. The molecule has 0 spiro atoms. The molecule has 2 aromatic rings. The van der Waals surface area contributed by atoms with E-state index < -0.39 is 11.8 Å². The van der Waals surface area contributed by atoms with E-state index in [2.05, 4.69) is 9.72 Å². The molecule has 0 radical (unpaired) electrons. The maximum atomic E-state index is 13.4. The van der Waals surface area contributed by atoms with E-state index in [9.17, 15) is 9.18 Å². The maximum Gasteiger partial charge on any atom is 0.356 e. The molecule has 1 aromatic heterocycles. The second-order valence-corrected chi connectivity index (χ2v) is 4.03. The van der Waals surface area contributed by atoms with Crippen LogP contribution in [0.25, 0.3) is 10.9 Å². The number of carbonyl (C=O) groups excluding carboxylic acids is 1. The van der Waals surface area contributed by atoms with Crippen molar-refractivity contribution in [3.63, 3.8) is 0 Å². The standard InChI is InChI=1S/C11H6Cl2FNO2/c1-17-11(16)7-3-2-5-8(15-7)4-6(12)10(14)9(5)13/h2-4H,1H3. The van der Waals surface area contributed by atoms with E-state index in [1.165, 1.54) is 25.3 Å². The number of methoxy groups -OCH3 is 1. The van der Waals surface area contributed by atoms with Gasteiger partial charge in [-0.2, -0.15) is 0 Å². The van der Waals surface area contributed by atoms with E-state index in [0.29, 0.717) is 10.9 Å². The topological polar surface area (TPSA) is 39.2 Å². The largest absolute Gasteiger partial charge is 0.464 e. The van der Waals surface area contributed by atoms with Crippen LogP contribution in [0, 0.1) is 5.82 Å². The molecule has 2 rings (SSSR count). The fraction of sp³-hybridized carbons (Fsp3) is 0.0909. The number of pyridine rings is 1. The van der Waals surface area contributed by atoms with Gasteiger partial charge in [0.15, 0.2) is 5.82 Å². The van der Waals surface area contributed by atoms with Crippen molar-refractivity contribution < 1.29 is 13.9 Å². The molecule has 0 saturated carbocycles. The van der Waals surface area contributed by atoms with Crippen LogP contribution in [-0.4, -0.2) is 18.1 Å². The highest BCUT2D eigenvalue weighted by atomic mass is 35.5. The van der Waals surface area contributed by atoms with E-state index in [-0.39, 0.29) is 15.7 Å². The van der Waals surface area contributed by atoms with Gasteiger partial charge < -0.3 is 4.74 Å². The van der Waals surface area contributed by atoms with Gasteiger partial charge in [-0.15, -0.1) is 0 Å². The molecule has 0 bridgehead atoms. The average Bonchev–Trinajstić information content (AvgIpc) is 2.34. The molecule has 6 heteroatoms. The lowest BCUT2D eigenvalue weighted by molar-refractivity contribution is 0.0594. The highest BCUT2D eigenvalue weighted by Crippen LogP contribution is 2.30. The third-order valence-electron chi connectivity index (χ3n) is 2.22. The van der Waals surface area contributed by atoms with E-state index in [4.69, 9.17) is 23.2 Å². The lowest BCUT2D eigenvalue weighted by Crippen LogP contribution is -2.04. The number of aromatic nitrogens is 1. The molecule has 0 aliphatic carbocycles. The Labute approximate surface area is 106 Å². The zero-order valence-electron chi connectivity index (χ0n) is 8.63. The quantitative estimate of drug-likeness (QED) is 0.590. The molecule has 0 unspecified atom stereocenters. The van der Waals surface area contributed by atoms with Gasteiger partial charge in [0.05, 0.1) is 22.7 Å². The summed E-state index contributed by atoms with van der Waals surface area (Å²) in [6, 6.07) is 4.22. The predicted molar refractivity (Wildman–Crippen MR) is 63.1 cm³/mol. The number of ether oxygens (including phenoxy) is 1. The van der Waals surface area contributed by atoms with E-state index in [1.54, 1.807) is 0 Å². The van der Waals surface area contributed by atoms with E-state index in [1.807, 2.05) is 0 Å². The lowest BCUT2D eigenvalue weighted by atomic mass is 10.2. The van der Waals surface area contributed by atoms with Gasteiger partial charge in [-0.25, -0.2) is 14.2 Å². The molecule has 0 atom stereocenters. The number of rotatable bonds is 1. The Morgan fingerprint density at radius 3 is 2.76 bits per heavy atom. The first-order valence-electron chi connectivity index (χ1n) is 4.57. The Morgan fingerprint density at radius 1 is 1.41 bits per heavy atom. The van der Waals surface area contributed by atoms with Crippen LogP contribution in [0.15, 0.2) is 18.2 Å². The van der Waals surface area contributed by atoms with Gasteiger partial charge in [0.25, 0.3) is 0 Å². The number of halogens is 3. The normalized spacial score (nSPS) is 10.6. The summed E-state index contributed by atoms with van der Waals surface area (Å²) < 4.78 is 17.9. The molecular formula is C11H6Cl2FNO2. The summed E-state index contributed by atoms with van der Waals surface area (Å²) >= 11 is 11.4. The monoisotopic (exact) mass is 273 g/mol. The molecule has 0 amide bonds. The smallest absolute Gasteiger partial charge is 0.356 e. The molecule has 3 nitrogen and oxygen atoms in total. The van der Waals surface area contributed by atoms with Gasteiger partial charge in [0.2, 0.25) is 0 Å². The Morgan fingerprint density at radius 2 is 2.12 bits per heavy atom. The molecule has 1 aromatic carbocycles. The van der Waals surface area contributed by atoms with Crippen LogP contribution in [0.1, 0.15) is 10.5 Å². The van der Waals surface area contributed by atoms with Crippen LogP contribution in [0.4, 0.5) is 4.39 Å². The van der Waals surface area contributed by atoms with Crippen LogP contribution in [-0.2, 0) is 4.74 Å². The fourth-order valence-corrected chi connectivity index (χ4v) is 1.90. The number of nitrogens with zero attached hydrogens (tertiary/aromatic N) is 1. The molecule has 88 valence electrons. The molecule has 1 heterocycles. The summed E-state index contributed by atoms with van der Waals surface area (Å²) in [5, 5.41) is 0.134. The van der Waals surface area contributed by atoms with E-state index >= 15 is 0 Å². The molecule has 0 fully saturated rings. The third-order valence-corrected chi connectivity index (χ3v) is 2.87. The van der Waals surface area contributed by atoms with Crippen molar-refractivity contribution in [2.75, 3.05) is 7.11 Å². The number of carbonyl (C=O) groups is 1. The Bertz CT molecular complexity index is 616. The van der Waals surface area contributed by atoms with E-state index in [0.717, 1.165) is 0 Å². The molecular weight excluding hydrogens is 268 g/mol. The van der Waals surface area contributed by atoms with Crippen molar-refractivity contribution >= 4 is 40.1 Å². The second kappa shape index (κ2) is 4.47. The summed E-state index contributed by atoms with van der Waals surface area (Å²) in [4.78, 5) is 15.3. The summed E-state index contributed by atoms with van der Waals surface area (Å²) in [7, 11) is 1.25. The van der Waals surface area contributed by atoms with Crippen molar-refractivity contribution in [3.05, 3.63) is 39.8 Å². The number of benzene rings is 1. The first-order chi connectivity index (χ1) is 8.04. The number of hydrogen-bond acceptors (Lipinski definition) is 3. The fourth-order valence-electron chi connectivity index (χ4n) is 1.40. The number of hydrogen-bond donors (Lipinski definition) is 0. The van der Waals surface area contributed by atoms with Crippen molar-refractivity contribution in [2.45, 2.75) is 0 Å². The summed E-state index contributed by atoms with van der Waals surface area (Å²) in [6.45, 7) is 0. The number of fused-ring (bicyclic) bond motifs is 1. The summed E-state index contributed by atoms with van der Waals surface area (Å²) in [5.41, 5.74) is 0.447. The van der Waals surface area contributed by atoms with Gasteiger partial charge in [-0.1, -0.05) is 23.2 Å². The van der Waals surface area contributed by atoms with Crippen LogP contribution in [0.3, 0.4) is 0 Å². The van der Waals surface area contributed by atoms with Crippen LogP contribution < -0.4 is 0 Å². The summed E-state index contributed by atoms with van der Waals surface area (Å²) in [5.74, 6) is -1.28. The zero-order chi connectivity index (χ0) is 12.6. The third kappa shape index (κ3) is 2.06. The van der Waals surface area contributed by atoms with Crippen molar-refractivity contribution in [1.82, 2.24) is 4.98 Å². The zero-order valence-corrected chi connectivity index (χ0v) is 10.1. The van der Waals surface area contributed by atoms with Crippen molar-refractivity contribution in [1.29, 1.82) is 0 Å². The molecule has 17 heavy (non-hydrogen) atoms.